The number of aromatic nitrogens is 1. The largest absolute Gasteiger partial charge is 0.378 e. The molecular formula is C10H15N3O2. The maximum absolute atomic E-state index is 12.0. The minimum absolute atomic E-state index is 0.0364. The lowest BCUT2D eigenvalue weighted by Gasteiger charge is -2.26. The molecule has 2 N–H and O–H groups in total. The molecule has 1 aromatic rings. The Kier molecular flexibility index (Phi) is 3.03. The summed E-state index contributed by atoms with van der Waals surface area (Å²) in [6.45, 7) is 1.86. The van der Waals surface area contributed by atoms with E-state index in [0.29, 0.717) is 13.2 Å². The highest BCUT2D eigenvalue weighted by Crippen LogP contribution is 2.12. The van der Waals surface area contributed by atoms with Crippen LogP contribution in [-0.4, -0.2) is 43.7 Å². The van der Waals surface area contributed by atoms with Crippen molar-refractivity contribution in [2.75, 3.05) is 31.7 Å². The van der Waals surface area contributed by atoms with Crippen molar-refractivity contribution < 1.29 is 9.53 Å². The molecule has 1 fully saturated rings. The average Bonchev–Trinajstić information content (AvgIpc) is 2.82. The molecule has 2 rings (SSSR count). The Balaban J connectivity index is 2.00. The van der Waals surface area contributed by atoms with Gasteiger partial charge in [0.25, 0.3) is 0 Å². The minimum atomic E-state index is -0.223. The Bertz CT molecular complexity index is 317. The number of amides is 1. The summed E-state index contributed by atoms with van der Waals surface area (Å²) in [5.74, 6) is 0.0364. The third-order valence-electron chi connectivity index (χ3n) is 2.52. The molecule has 5 nitrogen and oxygen atoms in total. The fourth-order valence-corrected chi connectivity index (χ4v) is 1.61. The molecule has 1 aliphatic heterocycles. The Hall–Kier alpha value is -1.33. The van der Waals surface area contributed by atoms with Crippen LogP contribution in [0.15, 0.2) is 18.5 Å². The maximum atomic E-state index is 12.0. The normalized spacial score (nSPS) is 21.3. The number of anilines is 1. The lowest BCUT2D eigenvalue weighted by molar-refractivity contribution is -0.123. The summed E-state index contributed by atoms with van der Waals surface area (Å²) in [7, 11) is 1.77. The fourth-order valence-electron chi connectivity index (χ4n) is 1.61. The van der Waals surface area contributed by atoms with E-state index in [-0.39, 0.29) is 11.9 Å². The van der Waals surface area contributed by atoms with Crippen LogP contribution < -0.4 is 10.2 Å². The number of rotatable bonds is 2. The molecule has 1 saturated heterocycles. The first-order valence-electron chi connectivity index (χ1n) is 5.00. The van der Waals surface area contributed by atoms with Crippen LogP contribution in [0.3, 0.4) is 0 Å². The van der Waals surface area contributed by atoms with Crippen molar-refractivity contribution in [3.63, 3.8) is 0 Å². The van der Waals surface area contributed by atoms with Crippen LogP contribution in [0.2, 0.25) is 0 Å². The van der Waals surface area contributed by atoms with Crippen molar-refractivity contribution >= 4 is 11.6 Å². The topological polar surface area (TPSA) is 57.4 Å². The molecule has 5 heteroatoms. The Morgan fingerprint density at radius 1 is 1.67 bits per heavy atom. The van der Waals surface area contributed by atoms with Gasteiger partial charge in [-0.2, -0.15) is 0 Å². The minimum Gasteiger partial charge on any atom is -0.378 e. The molecule has 0 aliphatic carbocycles. The molecule has 0 bridgehead atoms. The van der Waals surface area contributed by atoms with E-state index in [2.05, 4.69) is 10.3 Å². The highest BCUT2D eigenvalue weighted by atomic mass is 16.5. The van der Waals surface area contributed by atoms with E-state index >= 15 is 0 Å². The number of carbonyl (C=O) groups excluding carboxylic acids is 1. The maximum Gasteiger partial charge on any atom is 0.246 e. The summed E-state index contributed by atoms with van der Waals surface area (Å²) in [6, 6.07) is 1.64. The molecule has 1 unspecified atom stereocenters. The quantitative estimate of drug-likeness (QED) is 0.719. The van der Waals surface area contributed by atoms with Gasteiger partial charge in [0.15, 0.2) is 0 Å². The summed E-state index contributed by atoms with van der Waals surface area (Å²) in [4.78, 5) is 16.5. The van der Waals surface area contributed by atoms with E-state index in [1.54, 1.807) is 24.3 Å². The van der Waals surface area contributed by atoms with Gasteiger partial charge in [0, 0.05) is 26.0 Å². The average molecular weight is 209 g/mol. The standard InChI is InChI=1S/C10H15N3O2/c1-13(8-2-3-11-6-8)10(14)9-7-15-5-4-12-9/h2-3,6,9,11-12H,4-5,7H2,1H3. The van der Waals surface area contributed by atoms with Gasteiger partial charge in [-0.15, -0.1) is 0 Å². The van der Waals surface area contributed by atoms with Gasteiger partial charge in [-0.3, -0.25) is 4.79 Å². The van der Waals surface area contributed by atoms with Crippen LogP contribution in [0.1, 0.15) is 0 Å². The number of ether oxygens (including phenoxy) is 1. The van der Waals surface area contributed by atoms with E-state index < -0.39 is 0 Å². The molecule has 1 aliphatic rings. The lowest BCUT2D eigenvalue weighted by Crippen LogP contribution is -2.51. The summed E-state index contributed by atoms with van der Waals surface area (Å²) in [5.41, 5.74) is 0.868. The van der Waals surface area contributed by atoms with Gasteiger partial charge in [-0.25, -0.2) is 0 Å². The SMILES string of the molecule is CN(C(=O)C1COCCN1)c1cc[nH]c1. The molecular weight excluding hydrogens is 194 g/mol. The predicted molar refractivity (Wildman–Crippen MR) is 56.8 cm³/mol. The van der Waals surface area contributed by atoms with Crippen LogP contribution in [0.25, 0.3) is 0 Å². The molecule has 0 radical (unpaired) electrons. The number of likely N-dealkylation sites (N-methyl/N-ethyl adjacent to an activating group) is 1. The number of nitrogens with one attached hydrogen (secondary N) is 2. The van der Waals surface area contributed by atoms with Crippen LogP contribution in [0.4, 0.5) is 5.69 Å². The van der Waals surface area contributed by atoms with Crippen LogP contribution in [-0.2, 0) is 9.53 Å². The molecule has 15 heavy (non-hydrogen) atoms. The first-order chi connectivity index (χ1) is 7.29. The Morgan fingerprint density at radius 3 is 3.13 bits per heavy atom. The van der Waals surface area contributed by atoms with Gasteiger partial charge in [0.05, 0.1) is 18.9 Å². The third kappa shape index (κ3) is 2.19. The second-order valence-electron chi connectivity index (χ2n) is 3.55. The number of carbonyl (C=O) groups is 1. The zero-order valence-corrected chi connectivity index (χ0v) is 8.69. The van der Waals surface area contributed by atoms with E-state index in [4.69, 9.17) is 4.74 Å². The molecule has 0 spiro atoms. The monoisotopic (exact) mass is 209 g/mol. The number of H-pyrrole nitrogens is 1. The number of aromatic amines is 1. The highest BCUT2D eigenvalue weighted by Gasteiger charge is 2.24. The van der Waals surface area contributed by atoms with Gasteiger partial charge in [0.1, 0.15) is 6.04 Å². The summed E-state index contributed by atoms with van der Waals surface area (Å²) in [5, 5.41) is 3.14. The predicted octanol–water partition coefficient (Wildman–Crippen LogP) is -0.0341. The van der Waals surface area contributed by atoms with Gasteiger partial charge < -0.3 is 19.9 Å². The first-order valence-corrected chi connectivity index (χ1v) is 5.00. The van der Waals surface area contributed by atoms with Gasteiger partial charge in [0.2, 0.25) is 5.91 Å². The zero-order chi connectivity index (χ0) is 10.7. The van der Waals surface area contributed by atoms with E-state index in [9.17, 15) is 4.79 Å². The van der Waals surface area contributed by atoms with Crippen molar-refractivity contribution in [3.05, 3.63) is 18.5 Å². The van der Waals surface area contributed by atoms with Crippen molar-refractivity contribution in [2.24, 2.45) is 0 Å². The number of nitrogens with zero attached hydrogens (tertiary/aromatic N) is 1. The van der Waals surface area contributed by atoms with E-state index in [1.807, 2.05) is 6.07 Å². The van der Waals surface area contributed by atoms with Crippen LogP contribution >= 0.6 is 0 Å². The van der Waals surface area contributed by atoms with Crippen LogP contribution in [0.5, 0.6) is 0 Å². The van der Waals surface area contributed by atoms with Gasteiger partial charge in [-0.1, -0.05) is 0 Å². The van der Waals surface area contributed by atoms with Gasteiger partial charge in [-0.05, 0) is 6.07 Å². The zero-order valence-electron chi connectivity index (χ0n) is 8.69. The van der Waals surface area contributed by atoms with Crippen molar-refractivity contribution in [1.82, 2.24) is 10.3 Å². The van der Waals surface area contributed by atoms with E-state index in [1.165, 1.54) is 0 Å². The number of hydrogen-bond donors (Lipinski definition) is 2. The van der Waals surface area contributed by atoms with Gasteiger partial charge >= 0.3 is 0 Å². The third-order valence-corrected chi connectivity index (χ3v) is 2.52. The van der Waals surface area contributed by atoms with E-state index in [0.717, 1.165) is 12.2 Å². The second kappa shape index (κ2) is 4.46. The Labute approximate surface area is 88.4 Å². The van der Waals surface area contributed by atoms with Crippen molar-refractivity contribution in [2.45, 2.75) is 6.04 Å². The first kappa shape index (κ1) is 10.2. The summed E-state index contributed by atoms with van der Waals surface area (Å²) >= 11 is 0. The summed E-state index contributed by atoms with van der Waals surface area (Å²) < 4.78 is 5.25. The molecule has 1 amide bonds. The molecule has 0 aromatic carbocycles. The number of morpholine rings is 1. The smallest absolute Gasteiger partial charge is 0.246 e. The lowest BCUT2D eigenvalue weighted by atomic mass is 10.2. The molecule has 1 aromatic heterocycles. The molecule has 82 valence electrons. The van der Waals surface area contributed by atoms with Crippen LogP contribution in [0, 0.1) is 0 Å². The molecule has 2 heterocycles. The van der Waals surface area contributed by atoms with Crippen molar-refractivity contribution in [3.8, 4) is 0 Å². The highest BCUT2D eigenvalue weighted by molar-refractivity contribution is 5.96. The molecule has 0 saturated carbocycles. The number of hydrogen-bond acceptors (Lipinski definition) is 3. The Morgan fingerprint density at radius 2 is 2.53 bits per heavy atom. The summed E-state index contributed by atoms with van der Waals surface area (Å²) in [6.07, 6.45) is 3.59. The molecule has 1 atom stereocenters. The van der Waals surface area contributed by atoms with Crippen molar-refractivity contribution in [1.29, 1.82) is 0 Å². The second-order valence-corrected chi connectivity index (χ2v) is 3.55. The fraction of sp³-hybridized carbons (Fsp3) is 0.500.